The summed E-state index contributed by atoms with van der Waals surface area (Å²) in [6, 6.07) is 0. The molecule has 1 N–H and O–H groups in total. The molecule has 1 aliphatic rings. The van der Waals surface area contributed by atoms with Crippen LogP contribution < -0.4 is 5.32 Å². The molecule has 0 aromatic carbocycles. The summed E-state index contributed by atoms with van der Waals surface area (Å²) in [5.41, 5.74) is 0.856. The number of alkyl halides is 2. The summed E-state index contributed by atoms with van der Waals surface area (Å²) < 4.78 is 34.6. The Labute approximate surface area is 151 Å². The van der Waals surface area contributed by atoms with Gasteiger partial charge in [0.05, 0.1) is 28.2 Å². The van der Waals surface area contributed by atoms with E-state index in [1.165, 1.54) is 10.9 Å². The number of anilines is 1. The van der Waals surface area contributed by atoms with Gasteiger partial charge in [-0.05, 0) is 35.7 Å². The number of carbonyl (C=O) groups is 1. The van der Waals surface area contributed by atoms with Crippen molar-refractivity contribution in [1.82, 2.24) is 19.6 Å². The lowest BCUT2D eigenvalue weighted by Gasteiger charge is -2.07. The van der Waals surface area contributed by atoms with Gasteiger partial charge < -0.3 is 10.1 Å². The number of amides is 1. The van der Waals surface area contributed by atoms with Gasteiger partial charge in [-0.1, -0.05) is 0 Å². The van der Waals surface area contributed by atoms with Gasteiger partial charge in [0, 0.05) is 12.5 Å². The number of halogens is 3. The van der Waals surface area contributed by atoms with Gasteiger partial charge in [-0.25, -0.2) is 13.5 Å². The molecule has 0 bridgehead atoms. The van der Waals surface area contributed by atoms with E-state index < -0.39 is 6.43 Å². The minimum Gasteiger partial charge on any atom is -0.360 e. The second-order valence-electron chi connectivity index (χ2n) is 5.76. The molecule has 2 aromatic heterocycles. The maximum atomic E-state index is 13.1. The lowest BCUT2D eigenvalue weighted by molar-refractivity contribution is -0.117. The van der Waals surface area contributed by atoms with Crippen LogP contribution in [0.1, 0.15) is 43.5 Å². The van der Waals surface area contributed by atoms with Crippen LogP contribution in [0.15, 0.2) is 16.9 Å². The molecule has 0 spiro atoms. The second kappa shape index (κ2) is 7.61. The van der Waals surface area contributed by atoms with E-state index in [0.717, 1.165) is 12.8 Å². The van der Waals surface area contributed by atoms with Crippen molar-refractivity contribution < 1.29 is 18.3 Å². The fourth-order valence-electron chi connectivity index (χ4n) is 2.50. The zero-order chi connectivity index (χ0) is 18.0. The van der Waals surface area contributed by atoms with E-state index in [-0.39, 0.29) is 24.1 Å². The number of hydrogen-bond acceptors (Lipinski definition) is 4. The summed E-state index contributed by atoms with van der Waals surface area (Å²) >= 11 is 3.21. The number of ether oxygens (including phenoxy) is 1. The zero-order valence-corrected chi connectivity index (χ0v) is 15.2. The van der Waals surface area contributed by atoms with Gasteiger partial charge in [-0.3, -0.25) is 9.48 Å². The van der Waals surface area contributed by atoms with Crippen LogP contribution in [0.3, 0.4) is 0 Å². The Morgan fingerprint density at radius 3 is 2.92 bits per heavy atom. The monoisotopic (exact) mass is 417 g/mol. The highest BCUT2D eigenvalue weighted by Crippen LogP contribution is 2.45. The van der Waals surface area contributed by atoms with Gasteiger partial charge >= 0.3 is 0 Å². The molecule has 1 amide bonds. The molecule has 25 heavy (non-hydrogen) atoms. The molecular formula is C15H18BrF2N5O2. The fraction of sp³-hybridized carbons (Fsp3) is 0.533. The number of nitrogens with zero attached hydrogens (tertiary/aromatic N) is 4. The van der Waals surface area contributed by atoms with Crippen LogP contribution in [-0.2, 0) is 22.8 Å². The summed E-state index contributed by atoms with van der Waals surface area (Å²) in [5, 5.41) is 10.7. The summed E-state index contributed by atoms with van der Waals surface area (Å²) in [4.78, 5) is 12.2. The van der Waals surface area contributed by atoms with Crippen molar-refractivity contribution in [3.8, 4) is 0 Å². The van der Waals surface area contributed by atoms with Crippen LogP contribution in [0.5, 0.6) is 0 Å². The maximum Gasteiger partial charge on any atom is 0.283 e. The molecule has 3 rings (SSSR count). The molecule has 1 saturated carbocycles. The van der Waals surface area contributed by atoms with Gasteiger partial charge in [0.1, 0.15) is 19.0 Å². The third kappa shape index (κ3) is 4.24. The highest BCUT2D eigenvalue weighted by molar-refractivity contribution is 9.10. The Morgan fingerprint density at radius 1 is 1.52 bits per heavy atom. The van der Waals surface area contributed by atoms with Crippen molar-refractivity contribution in [2.24, 2.45) is 0 Å². The number of rotatable bonds is 8. The molecule has 0 aliphatic heterocycles. The first-order valence-electron chi connectivity index (χ1n) is 7.93. The Bertz CT molecular complexity index is 757. The van der Waals surface area contributed by atoms with Crippen LogP contribution in [0.4, 0.5) is 14.5 Å². The molecule has 0 atom stereocenters. The largest absolute Gasteiger partial charge is 0.360 e. The SMILES string of the molecule is CCOCn1cc(NC(=O)Cn2nc(C(F)F)c(Br)c2C2CC2)cn1. The maximum absolute atomic E-state index is 13.1. The van der Waals surface area contributed by atoms with E-state index in [9.17, 15) is 13.6 Å². The summed E-state index contributed by atoms with van der Waals surface area (Å²) in [6.07, 6.45) is 2.28. The van der Waals surface area contributed by atoms with E-state index in [1.807, 2.05) is 6.92 Å². The van der Waals surface area contributed by atoms with Crippen molar-refractivity contribution in [3.63, 3.8) is 0 Å². The van der Waals surface area contributed by atoms with Crippen molar-refractivity contribution in [2.45, 2.75) is 45.4 Å². The van der Waals surface area contributed by atoms with E-state index in [2.05, 4.69) is 31.4 Å². The summed E-state index contributed by atoms with van der Waals surface area (Å²) in [5.74, 6) is -0.176. The highest BCUT2D eigenvalue weighted by Gasteiger charge is 2.34. The van der Waals surface area contributed by atoms with Crippen LogP contribution in [0.2, 0.25) is 0 Å². The molecule has 2 aromatic rings. The predicted molar refractivity (Wildman–Crippen MR) is 89.3 cm³/mol. The lowest BCUT2D eigenvalue weighted by Crippen LogP contribution is -2.20. The third-order valence-electron chi connectivity index (χ3n) is 3.77. The van der Waals surface area contributed by atoms with Crippen LogP contribution >= 0.6 is 15.9 Å². The van der Waals surface area contributed by atoms with Crippen molar-refractivity contribution in [3.05, 3.63) is 28.3 Å². The average molecular weight is 418 g/mol. The molecule has 7 nitrogen and oxygen atoms in total. The quantitative estimate of drug-likeness (QED) is 0.714. The van der Waals surface area contributed by atoms with Gasteiger partial charge in [-0.15, -0.1) is 0 Å². The molecule has 0 radical (unpaired) electrons. The topological polar surface area (TPSA) is 74.0 Å². The normalized spacial score (nSPS) is 14.3. The molecule has 1 aliphatic carbocycles. The van der Waals surface area contributed by atoms with Crippen molar-refractivity contribution in [1.29, 1.82) is 0 Å². The Morgan fingerprint density at radius 2 is 2.28 bits per heavy atom. The van der Waals surface area contributed by atoms with Gasteiger partial charge in [0.2, 0.25) is 5.91 Å². The first kappa shape index (κ1) is 18.0. The van der Waals surface area contributed by atoms with E-state index in [0.29, 0.717) is 29.2 Å². The number of aromatic nitrogens is 4. The first-order chi connectivity index (χ1) is 12.0. The standard InChI is InChI=1S/C15H18BrF2N5O2/c1-2-25-8-22-6-10(5-19-22)20-11(24)7-23-14(9-3-4-9)12(16)13(21-23)15(17)18/h5-6,9,15H,2-4,7-8H2,1H3,(H,20,24). The van der Waals surface area contributed by atoms with E-state index in [4.69, 9.17) is 4.74 Å². The fourth-order valence-corrected chi connectivity index (χ4v) is 3.28. The third-order valence-corrected chi connectivity index (χ3v) is 4.58. The zero-order valence-electron chi connectivity index (χ0n) is 13.6. The van der Waals surface area contributed by atoms with Gasteiger partial charge in [0.15, 0.2) is 0 Å². The summed E-state index contributed by atoms with van der Waals surface area (Å²) in [7, 11) is 0. The van der Waals surface area contributed by atoms with Gasteiger partial charge in [0.25, 0.3) is 6.43 Å². The van der Waals surface area contributed by atoms with Crippen molar-refractivity contribution in [2.75, 3.05) is 11.9 Å². The minimum absolute atomic E-state index is 0.131. The smallest absolute Gasteiger partial charge is 0.283 e. The molecular weight excluding hydrogens is 400 g/mol. The highest BCUT2D eigenvalue weighted by atomic mass is 79.9. The van der Waals surface area contributed by atoms with Gasteiger partial charge in [-0.2, -0.15) is 10.2 Å². The Balaban J connectivity index is 1.68. The molecule has 10 heteroatoms. The van der Waals surface area contributed by atoms with E-state index >= 15 is 0 Å². The van der Waals surface area contributed by atoms with Crippen LogP contribution in [0, 0.1) is 0 Å². The van der Waals surface area contributed by atoms with Crippen LogP contribution in [0.25, 0.3) is 0 Å². The first-order valence-corrected chi connectivity index (χ1v) is 8.73. The van der Waals surface area contributed by atoms with E-state index in [1.54, 1.807) is 10.9 Å². The Kier molecular flexibility index (Phi) is 5.48. The minimum atomic E-state index is -2.69. The van der Waals surface area contributed by atoms with Crippen molar-refractivity contribution >= 4 is 27.5 Å². The molecule has 2 heterocycles. The number of nitrogens with one attached hydrogen (secondary N) is 1. The molecule has 1 fully saturated rings. The lowest BCUT2D eigenvalue weighted by atomic mass is 10.2. The average Bonchev–Trinajstić information content (AvgIpc) is 3.20. The van der Waals surface area contributed by atoms with Crippen LogP contribution in [-0.4, -0.2) is 32.1 Å². The number of hydrogen-bond donors (Lipinski definition) is 1. The molecule has 0 unspecified atom stereocenters. The number of carbonyl (C=O) groups excluding carboxylic acids is 1. The predicted octanol–water partition coefficient (Wildman–Crippen LogP) is 3.29. The second-order valence-corrected chi connectivity index (χ2v) is 6.55. The molecule has 136 valence electrons. The Hall–Kier alpha value is -1.81. The molecule has 0 saturated heterocycles. The summed E-state index contributed by atoms with van der Waals surface area (Å²) in [6.45, 7) is 2.60.